The van der Waals surface area contributed by atoms with Crippen molar-refractivity contribution in [2.45, 2.75) is 19.3 Å². The molecule has 1 aliphatic carbocycles. The number of nitrogen functional groups attached to an aromatic ring is 1. The standard InChI is InChI=1S/C8H10N4O/c9-8(10)12-6-2-1-3-7(13)5(6)4-11-12/h4H,1-3H2,(H3,9,10). The van der Waals surface area contributed by atoms with Gasteiger partial charge >= 0.3 is 0 Å². The molecule has 0 fully saturated rings. The molecule has 0 radical (unpaired) electrons. The first-order valence-electron chi connectivity index (χ1n) is 4.14. The number of rotatable bonds is 0. The molecule has 1 aliphatic rings. The van der Waals surface area contributed by atoms with Crippen molar-refractivity contribution in [1.82, 2.24) is 9.78 Å². The molecule has 0 bridgehead atoms. The first kappa shape index (κ1) is 7.97. The fourth-order valence-corrected chi connectivity index (χ4v) is 1.61. The summed E-state index contributed by atoms with van der Waals surface area (Å²) >= 11 is 0. The third kappa shape index (κ3) is 1.12. The van der Waals surface area contributed by atoms with Gasteiger partial charge in [0.15, 0.2) is 5.78 Å². The zero-order valence-electron chi connectivity index (χ0n) is 7.08. The topological polar surface area (TPSA) is 84.8 Å². The Bertz CT molecular complexity index is 366. The van der Waals surface area contributed by atoms with Gasteiger partial charge in [0, 0.05) is 6.42 Å². The highest BCUT2D eigenvalue weighted by Gasteiger charge is 2.22. The number of hydrogen-bond acceptors (Lipinski definition) is 3. The number of nitrogens with one attached hydrogen (secondary N) is 1. The highest BCUT2D eigenvalue weighted by molar-refractivity contribution is 5.98. The molecule has 0 saturated heterocycles. The number of Topliss-reactive ketones (excluding diaryl/α,β-unsaturated/α-hetero) is 1. The van der Waals surface area contributed by atoms with Crippen molar-refractivity contribution in [3.05, 3.63) is 17.5 Å². The molecule has 5 nitrogen and oxygen atoms in total. The lowest BCUT2D eigenvalue weighted by Crippen LogP contribution is -2.25. The number of nitrogens with zero attached hydrogens (tertiary/aromatic N) is 2. The number of aromatic nitrogens is 2. The summed E-state index contributed by atoms with van der Waals surface area (Å²) in [5.74, 6) is -0.0234. The van der Waals surface area contributed by atoms with Crippen molar-refractivity contribution in [3.8, 4) is 0 Å². The first-order chi connectivity index (χ1) is 6.20. The molecule has 0 amide bonds. The van der Waals surface area contributed by atoms with E-state index in [-0.39, 0.29) is 11.7 Å². The van der Waals surface area contributed by atoms with Gasteiger partial charge in [0.2, 0.25) is 5.96 Å². The van der Waals surface area contributed by atoms with E-state index in [4.69, 9.17) is 11.1 Å². The average molecular weight is 178 g/mol. The van der Waals surface area contributed by atoms with E-state index in [2.05, 4.69) is 5.10 Å². The molecular weight excluding hydrogens is 168 g/mol. The number of fused-ring (bicyclic) bond motifs is 1. The van der Waals surface area contributed by atoms with Crippen LogP contribution in [0, 0.1) is 5.41 Å². The molecule has 0 spiro atoms. The zero-order chi connectivity index (χ0) is 9.42. The molecule has 2 rings (SSSR count). The summed E-state index contributed by atoms with van der Waals surface area (Å²) in [6, 6.07) is 0. The maximum atomic E-state index is 11.4. The van der Waals surface area contributed by atoms with E-state index in [1.54, 1.807) is 0 Å². The predicted octanol–water partition coefficient (Wildman–Crippen LogP) is 0.144. The van der Waals surface area contributed by atoms with Gasteiger partial charge in [-0.3, -0.25) is 10.2 Å². The second-order valence-corrected chi connectivity index (χ2v) is 3.08. The second kappa shape index (κ2) is 2.69. The number of hydrogen-bond donors (Lipinski definition) is 2. The third-order valence-electron chi connectivity index (χ3n) is 2.21. The second-order valence-electron chi connectivity index (χ2n) is 3.08. The lowest BCUT2D eigenvalue weighted by atomic mass is 9.97. The van der Waals surface area contributed by atoms with Gasteiger partial charge in [-0.2, -0.15) is 5.10 Å². The Labute approximate surface area is 75.0 Å². The third-order valence-corrected chi connectivity index (χ3v) is 2.21. The van der Waals surface area contributed by atoms with Gasteiger partial charge in [0.05, 0.1) is 17.5 Å². The highest BCUT2D eigenvalue weighted by atomic mass is 16.1. The van der Waals surface area contributed by atoms with Gasteiger partial charge < -0.3 is 5.73 Å². The normalized spacial score (nSPS) is 15.5. The van der Waals surface area contributed by atoms with E-state index in [9.17, 15) is 4.79 Å². The minimum Gasteiger partial charge on any atom is -0.368 e. The maximum Gasteiger partial charge on any atom is 0.213 e. The van der Waals surface area contributed by atoms with Crippen LogP contribution >= 0.6 is 0 Å². The molecule has 0 aliphatic heterocycles. The van der Waals surface area contributed by atoms with Crippen LogP contribution < -0.4 is 5.73 Å². The van der Waals surface area contributed by atoms with E-state index in [1.807, 2.05) is 0 Å². The molecule has 0 saturated carbocycles. The van der Waals surface area contributed by atoms with Crippen molar-refractivity contribution in [2.24, 2.45) is 5.73 Å². The summed E-state index contributed by atoms with van der Waals surface area (Å²) in [7, 11) is 0. The average Bonchev–Trinajstić information content (AvgIpc) is 2.48. The minimum atomic E-state index is -0.129. The predicted molar refractivity (Wildman–Crippen MR) is 46.8 cm³/mol. The smallest absolute Gasteiger partial charge is 0.213 e. The van der Waals surface area contributed by atoms with Gasteiger partial charge in [0.1, 0.15) is 0 Å². The Balaban J connectivity index is 2.53. The molecule has 1 aromatic rings. The fraction of sp³-hybridized carbons (Fsp3) is 0.375. The number of carbonyl (C=O) groups is 1. The van der Waals surface area contributed by atoms with Crippen LogP contribution in [0.1, 0.15) is 28.9 Å². The molecule has 0 aromatic carbocycles. The van der Waals surface area contributed by atoms with E-state index >= 15 is 0 Å². The Hall–Kier alpha value is -1.65. The first-order valence-corrected chi connectivity index (χ1v) is 4.14. The van der Waals surface area contributed by atoms with Gasteiger partial charge in [-0.25, -0.2) is 4.68 Å². The Morgan fingerprint density at radius 2 is 2.38 bits per heavy atom. The Kier molecular flexibility index (Phi) is 1.65. The summed E-state index contributed by atoms with van der Waals surface area (Å²) in [6.45, 7) is 0. The monoisotopic (exact) mass is 178 g/mol. The van der Waals surface area contributed by atoms with Gasteiger partial charge in [-0.15, -0.1) is 0 Å². The molecule has 68 valence electrons. The molecule has 13 heavy (non-hydrogen) atoms. The fourth-order valence-electron chi connectivity index (χ4n) is 1.61. The minimum absolute atomic E-state index is 0.105. The van der Waals surface area contributed by atoms with Crippen LogP contribution in [0.15, 0.2) is 6.20 Å². The van der Waals surface area contributed by atoms with Crippen LogP contribution in [-0.2, 0) is 6.42 Å². The van der Waals surface area contributed by atoms with Crippen molar-refractivity contribution < 1.29 is 4.79 Å². The zero-order valence-corrected chi connectivity index (χ0v) is 7.08. The summed E-state index contributed by atoms with van der Waals surface area (Å²) in [4.78, 5) is 11.4. The lowest BCUT2D eigenvalue weighted by molar-refractivity contribution is 0.0972. The van der Waals surface area contributed by atoms with Gasteiger partial charge in [-0.05, 0) is 12.8 Å². The van der Waals surface area contributed by atoms with Gasteiger partial charge in [0.25, 0.3) is 0 Å². The number of carbonyl (C=O) groups excluding carboxylic acids is 1. The van der Waals surface area contributed by atoms with Crippen molar-refractivity contribution in [3.63, 3.8) is 0 Å². The van der Waals surface area contributed by atoms with Crippen molar-refractivity contribution in [2.75, 3.05) is 0 Å². The quantitative estimate of drug-likeness (QED) is 0.438. The van der Waals surface area contributed by atoms with Crippen molar-refractivity contribution >= 4 is 11.7 Å². The van der Waals surface area contributed by atoms with Crippen LogP contribution in [-0.4, -0.2) is 21.5 Å². The molecule has 0 atom stereocenters. The molecular formula is C8H10N4O. The van der Waals surface area contributed by atoms with E-state index in [0.29, 0.717) is 12.0 Å². The van der Waals surface area contributed by atoms with E-state index in [1.165, 1.54) is 10.9 Å². The van der Waals surface area contributed by atoms with E-state index < -0.39 is 0 Å². The van der Waals surface area contributed by atoms with Crippen LogP contribution in [0.3, 0.4) is 0 Å². The van der Waals surface area contributed by atoms with E-state index in [0.717, 1.165) is 18.5 Å². The van der Waals surface area contributed by atoms with Crippen LogP contribution in [0.4, 0.5) is 0 Å². The Morgan fingerprint density at radius 1 is 1.62 bits per heavy atom. The van der Waals surface area contributed by atoms with Crippen LogP contribution in [0.2, 0.25) is 0 Å². The van der Waals surface area contributed by atoms with Gasteiger partial charge in [-0.1, -0.05) is 0 Å². The molecule has 0 unspecified atom stereocenters. The lowest BCUT2D eigenvalue weighted by Gasteiger charge is -2.11. The largest absolute Gasteiger partial charge is 0.368 e. The molecule has 3 N–H and O–H groups in total. The van der Waals surface area contributed by atoms with Crippen LogP contribution in [0.5, 0.6) is 0 Å². The maximum absolute atomic E-state index is 11.4. The number of ketones is 1. The summed E-state index contributed by atoms with van der Waals surface area (Å²) in [5, 5.41) is 11.1. The molecule has 1 heterocycles. The Morgan fingerprint density at radius 3 is 3.08 bits per heavy atom. The molecule has 5 heteroatoms. The van der Waals surface area contributed by atoms with Crippen LogP contribution in [0.25, 0.3) is 0 Å². The SMILES string of the molecule is N=C(N)n1ncc2c1CCCC2=O. The highest BCUT2D eigenvalue weighted by Crippen LogP contribution is 2.19. The molecule has 1 aromatic heterocycles. The number of nitrogens with two attached hydrogens (primary N) is 1. The van der Waals surface area contributed by atoms with Crippen molar-refractivity contribution in [1.29, 1.82) is 5.41 Å². The summed E-state index contributed by atoms with van der Waals surface area (Å²) < 4.78 is 1.33. The summed E-state index contributed by atoms with van der Waals surface area (Å²) in [5.41, 5.74) is 6.71. The summed E-state index contributed by atoms with van der Waals surface area (Å²) in [6.07, 6.45) is 3.68.